The highest BCUT2D eigenvalue weighted by atomic mass is 19.1. The van der Waals surface area contributed by atoms with E-state index in [0.717, 1.165) is 11.1 Å². The zero-order chi connectivity index (χ0) is 12.1. The third-order valence-corrected chi connectivity index (χ3v) is 2.34. The van der Waals surface area contributed by atoms with E-state index >= 15 is 0 Å². The van der Waals surface area contributed by atoms with E-state index in [4.69, 9.17) is 0 Å². The number of hydrogen-bond acceptors (Lipinski definition) is 0. The number of alkyl halides is 1. The molecule has 0 radical (unpaired) electrons. The SMILES string of the molecule is C=C/C(=C(C)/C(/C=C\C)=C/C)C(C)(C)F. The molecule has 0 aromatic rings. The normalized spacial score (nSPS) is 15.5. The highest BCUT2D eigenvalue weighted by molar-refractivity contribution is 5.46. The van der Waals surface area contributed by atoms with Crippen LogP contribution in [0.5, 0.6) is 0 Å². The van der Waals surface area contributed by atoms with Crippen molar-refractivity contribution in [2.75, 3.05) is 0 Å². The summed E-state index contributed by atoms with van der Waals surface area (Å²) >= 11 is 0. The lowest BCUT2D eigenvalue weighted by atomic mass is 9.91. The molecule has 0 N–H and O–H groups in total. The van der Waals surface area contributed by atoms with Gasteiger partial charge in [-0.25, -0.2) is 4.39 Å². The minimum Gasteiger partial charge on any atom is -0.239 e. The standard InChI is InChI=1S/C14H21F/c1-7-10-12(8-2)11(4)13(9-3)14(5,6)15/h7-10H,3H2,1-2,4-6H3/b10-7-,12-8+,13-11-. The minimum absolute atomic E-state index is 0.647. The van der Waals surface area contributed by atoms with Gasteiger partial charge >= 0.3 is 0 Å². The molecule has 0 fully saturated rings. The monoisotopic (exact) mass is 208 g/mol. The lowest BCUT2D eigenvalue weighted by molar-refractivity contribution is 0.272. The third kappa shape index (κ3) is 3.86. The molecule has 0 saturated heterocycles. The van der Waals surface area contributed by atoms with Crippen molar-refractivity contribution in [3.63, 3.8) is 0 Å². The number of hydrogen-bond donors (Lipinski definition) is 0. The van der Waals surface area contributed by atoms with Gasteiger partial charge in [0.2, 0.25) is 0 Å². The molecule has 0 aromatic heterocycles. The molecule has 0 aliphatic carbocycles. The molecule has 0 amide bonds. The van der Waals surface area contributed by atoms with Crippen molar-refractivity contribution in [1.82, 2.24) is 0 Å². The molecule has 0 aromatic carbocycles. The van der Waals surface area contributed by atoms with Crippen molar-refractivity contribution in [3.8, 4) is 0 Å². The summed E-state index contributed by atoms with van der Waals surface area (Å²) in [5.41, 5.74) is 1.28. The molecule has 0 rings (SSSR count). The van der Waals surface area contributed by atoms with Gasteiger partial charge in [-0.05, 0) is 51.3 Å². The molecule has 15 heavy (non-hydrogen) atoms. The van der Waals surface area contributed by atoms with Gasteiger partial charge in [0.05, 0.1) is 0 Å². The summed E-state index contributed by atoms with van der Waals surface area (Å²) in [5, 5.41) is 0. The lowest BCUT2D eigenvalue weighted by Gasteiger charge is -2.19. The van der Waals surface area contributed by atoms with E-state index in [9.17, 15) is 4.39 Å². The van der Waals surface area contributed by atoms with Gasteiger partial charge < -0.3 is 0 Å². The van der Waals surface area contributed by atoms with E-state index in [1.165, 1.54) is 0 Å². The van der Waals surface area contributed by atoms with Gasteiger partial charge in [0.25, 0.3) is 0 Å². The van der Waals surface area contributed by atoms with E-state index in [2.05, 4.69) is 6.58 Å². The first-order chi connectivity index (χ1) is 6.88. The zero-order valence-electron chi connectivity index (χ0n) is 10.4. The number of halogens is 1. The molecule has 0 spiro atoms. The second-order valence-electron chi connectivity index (χ2n) is 3.96. The number of allylic oxidation sites excluding steroid dienone is 7. The quantitative estimate of drug-likeness (QED) is 0.584. The summed E-state index contributed by atoms with van der Waals surface area (Å²) in [6.45, 7) is 12.6. The van der Waals surface area contributed by atoms with Gasteiger partial charge in [-0.15, -0.1) is 0 Å². The van der Waals surface area contributed by atoms with E-state index in [-0.39, 0.29) is 0 Å². The van der Waals surface area contributed by atoms with Crippen molar-refractivity contribution in [2.45, 2.75) is 40.3 Å². The highest BCUT2D eigenvalue weighted by Gasteiger charge is 2.22. The molecule has 0 saturated carbocycles. The average Bonchev–Trinajstić information content (AvgIpc) is 2.12. The highest BCUT2D eigenvalue weighted by Crippen LogP contribution is 2.28. The van der Waals surface area contributed by atoms with Crippen LogP contribution in [0.25, 0.3) is 0 Å². The summed E-state index contributed by atoms with van der Waals surface area (Å²) in [5.74, 6) is 0. The molecular weight excluding hydrogens is 187 g/mol. The van der Waals surface area contributed by atoms with Crippen molar-refractivity contribution in [1.29, 1.82) is 0 Å². The Morgan fingerprint density at radius 1 is 1.27 bits per heavy atom. The van der Waals surface area contributed by atoms with Gasteiger partial charge in [-0.2, -0.15) is 0 Å². The molecule has 0 bridgehead atoms. The summed E-state index contributed by atoms with van der Waals surface area (Å²) in [6, 6.07) is 0. The zero-order valence-corrected chi connectivity index (χ0v) is 10.4. The fourth-order valence-corrected chi connectivity index (χ4v) is 1.61. The van der Waals surface area contributed by atoms with Crippen LogP contribution < -0.4 is 0 Å². The van der Waals surface area contributed by atoms with E-state index in [0.29, 0.717) is 5.57 Å². The molecule has 0 unspecified atom stereocenters. The fraction of sp³-hybridized carbons (Fsp3) is 0.429. The molecule has 1 heteroatoms. The van der Waals surface area contributed by atoms with Crippen LogP contribution in [0.4, 0.5) is 4.39 Å². The van der Waals surface area contributed by atoms with Crippen LogP contribution in [0.1, 0.15) is 34.6 Å². The summed E-state index contributed by atoms with van der Waals surface area (Å²) in [7, 11) is 0. The van der Waals surface area contributed by atoms with Crippen LogP contribution >= 0.6 is 0 Å². The van der Waals surface area contributed by atoms with Gasteiger partial charge in [0.1, 0.15) is 5.67 Å². The van der Waals surface area contributed by atoms with E-state index in [1.54, 1.807) is 19.9 Å². The number of rotatable bonds is 4. The predicted octanol–water partition coefficient (Wildman–Crippen LogP) is 4.76. The summed E-state index contributed by atoms with van der Waals surface area (Å²) in [4.78, 5) is 0. The maximum Gasteiger partial charge on any atom is 0.130 e. The molecule has 0 aliphatic heterocycles. The van der Waals surface area contributed by atoms with E-state index in [1.807, 2.05) is 39.0 Å². The molecule has 0 heterocycles. The summed E-state index contributed by atoms with van der Waals surface area (Å²) in [6.07, 6.45) is 7.50. The van der Waals surface area contributed by atoms with Crippen LogP contribution in [0, 0.1) is 0 Å². The first-order valence-electron chi connectivity index (χ1n) is 5.20. The molecule has 84 valence electrons. The van der Waals surface area contributed by atoms with Gasteiger partial charge in [-0.1, -0.05) is 30.9 Å². The second kappa shape index (κ2) is 5.69. The Bertz CT molecular complexity index is 309. The maximum absolute atomic E-state index is 13.9. The Morgan fingerprint density at radius 2 is 1.80 bits per heavy atom. The Kier molecular flexibility index (Phi) is 5.27. The smallest absolute Gasteiger partial charge is 0.130 e. The Morgan fingerprint density at radius 3 is 2.07 bits per heavy atom. The lowest BCUT2D eigenvalue weighted by Crippen LogP contribution is -2.16. The van der Waals surface area contributed by atoms with E-state index < -0.39 is 5.67 Å². The van der Waals surface area contributed by atoms with Crippen LogP contribution in [0.2, 0.25) is 0 Å². The average molecular weight is 208 g/mol. The van der Waals surface area contributed by atoms with Crippen LogP contribution in [-0.4, -0.2) is 5.67 Å². The first-order valence-corrected chi connectivity index (χ1v) is 5.20. The molecule has 0 aliphatic rings. The van der Waals surface area contributed by atoms with Crippen LogP contribution in [-0.2, 0) is 0 Å². The largest absolute Gasteiger partial charge is 0.239 e. The topological polar surface area (TPSA) is 0 Å². The fourth-order valence-electron chi connectivity index (χ4n) is 1.61. The van der Waals surface area contributed by atoms with Crippen LogP contribution in [0.3, 0.4) is 0 Å². The molecule has 0 atom stereocenters. The van der Waals surface area contributed by atoms with Gasteiger partial charge in [0.15, 0.2) is 0 Å². The predicted molar refractivity (Wildman–Crippen MR) is 66.7 cm³/mol. The van der Waals surface area contributed by atoms with Gasteiger partial charge in [-0.3, -0.25) is 0 Å². The Balaban J connectivity index is 5.48. The van der Waals surface area contributed by atoms with Crippen molar-refractivity contribution < 1.29 is 4.39 Å². The Hall–Kier alpha value is -1.11. The van der Waals surface area contributed by atoms with Crippen molar-refractivity contribution in [3.05, 3.63) is 47.6 Å². The van der Waals surface area contributed by atoms with Crippen molar-refractivity contribution in [2.24, 2.45) is 0 Å². The summed E-state index contributed by atoms with van der Waals surface area (Å²) < 4.78 is 13.9. The molecule has 0 nitrogen and oxygen atoms in total. The first kappa shape index (κ1) is 13.9. The Labute approximate surface area is 92.9 Å². The molecular formula is C14H21F. The third-order valence-electron chi connectivity index (χ3n) is 2.34. The second-order valence-corrected chi connectivity index (χ2v) is 3.96. The minimum atomic E-state index is -1.35. The van der Waals surface area contributed by atoms with Crippen molar-refractivity contribution >= 4 is 0 Å². The van der Waals surface area contributed by atoms with Crippen LogP contribution in [0.15, 0.2) is 47.6 Å². The maximum atomic E-state index is 13.9. The van der Waals surface area contributed by atoms with Gasteiger partial charge in [0, 0.05) is 0 Å².